The van der Waals surface area contributed by atoms with Crippen LogP contribution >= 0.6 is 23.2 Å². The van der Waals surface area contributed by atoms with Crippen LogP contribution in [0.1, 0.15) is 11.7 Å². The summed E-state index contributed by atoms with van der Waals surface area (Å²) < 4.78 is 13.6. The summed E-state index contributed by atoms with van der Waals surface area (Å²) in [6.07, 6.45) is -1.80. The zero-order valence-corrected chi connectivity index (χ0v) is 11.5. The van der Waals surface area contributed by atoms with Crippen LogP contribution in [-0.4, -0.2) is 16.2 Å². The quantitative estimate of drug-likeness (QED) is 0.902. The van der Waals surface area contributed by atoms with Gasteiger partial charge in [0.05, 0.1) is 0 Å². The highest BCUT2D eigenvalue weighted by molar-refractivity contribution is 6.35. The monoisotopic (exact) mass is 314 g/mol. The van der Waals surface area contributed by atoms with E-state index in [4.69, 9.17) is 28.3 Å². The predicted molar refractivity (Wildman–Crippen MR) is 74.5 cm³/mol. The molecule has 0 heterocycles. The number of carbonyl (C=O) groups is 1. The van der Waals surface area contributed by atoms with E-state index in [9.17, 15) is 14.3 Å². The fraction of sp³-hybridized carbons (Fsp3) is 0.0714. The van der Waals surface area contributed by atoms with E-state index in [1.165, 1.54) is 18.2 Å². The minimum Gasteiger partial charge on any atom is -0.479 e. The Balaban J connectivity index is 2.57. The third kappa shape index (κ3) is 3.10. The Labute approximate surface area is 124 Å². The molecule has 0 spiro atoms. The summed E-state index contributed by atoms with van der Waals surface area (Å²) in [7, 11) is 0. The highest BCUT2D eigenvalue weighted by atomic mass is 35.5. The van der Waals surface area contributed by atoms with Gasteiger partial charge in [-0.05, 0) is 47.5 Å². The summed E-state index contributed by atoms with van der Waals surface area (Å²) >= 11 is 11.9. The van der Waals surface area contributed by atoms with E-state index < -0.39 is 17.9 Å². The lowest BCUT2D eigenvalue weighted by Gasteiger charge is -2.10. The average Bonchev–Trinajstić information content (AvgIpc) is 2.39. The molecule has 20 heavy (non-hydrogen) atoms. The van der Waals surface area contributed by atoms with Crippen LogP contribution in [0.25, 0.3) is 11.1 Å². The van der Waals surface area contributed by atoms with Gasteiger partial charge in [-0.3, -0.25) is 0 Å². The third-order valence-electron chi connectivity index (χ3n) is 2.71. The molecule has 3 nitrogen and oxygen atoms in total. The lowest BCUT2D eigenvalue weighted by Crippen LogP contribution is -2.10. The number of aliphatic carboxylic acids is 1. The Morgan fingerprint density at radius 2 is 1.85 bits per heavy atom. The molecule has 1 atom stereocenters. The molecule has 6 heteroatoms. The third-order valence-corrected chi connectivity index (χ3v) is 3.27. The molecule has 2 N–H and O–H groups in total. The van der Waals surface area contributed by atoms with Gasteiger partial charge in [-0.25, -0.2) is 9.18 Å². The maximum absolute atomic E-state index is 13.6. The summed E-state index contributed by atoms with van der Waals surface area (Å²) in [5.41, 5.74) is 0.730. The van der Waals surface area contributed by atoms with Crippen molar-refractivity contribution in [2.75, 3.05) is 0 Å². The van der Waals surface area contributed by atoms with Gasteiger partial charge in [-0.1, -0.05) is 23.2 Å². The molecular formula is C14H9Cl2FO3. The fourth-order valence-corrected chi connectivity index (χ4v) is 2.19. The first-order chi connectivity index (χ1) is 9.38. The number of halogens is 3. The van der Waals surface area contributed by atoms with Crippen molar-refractivity contribution in [1.29, 1.82) is 0 Å². The molecule has 0 aliphatic carbocycles. The molecule has 0 aromatic heterocycles. The molecule has 2 aromatic carbocycles. The van der Waals surface area contributed by atoms with E-state index in [1.807, 2.05) is 0 Å². The van der Waals surface area contributed by atoms with E-state index in [1.54, 1.807) is 12.1 Å². The van der Waals surface area contributed by atoms with Gasteiger partial charge < -0.3 is 10.2 Å². The lowest BCUT2D eigenvalue weighted by atomic mass is 10.00. The summed E-state index contributed by atoms with van der Waals surface area (Å²) in [6.45, 7) is 0. The van der Waals surface area contributed by atoms with Crippen LogP contribution in [0.15, 0.2) is 36.4 Å². The number of rotatable bonds is 3. The summed E-state index contributed by atoms with van der Waals surface area (Å²) in [6, 6.07) is 8.18. The van der Waals surface area contributed by atoms with Crippen molar-refractivity contribution in [3.8, 4) is 11.1 Å². The van der Waals surface area contributed by atoms with Crippen molar-refractivity contribution in [3.05, 3.63) is 57.8 Å². The molecule has 0 bridgehead atoms. The van der Waals surface area contributed by atoms with Gasteiger partial charge in [-0.2, -0.15) is 0 Å². The normalized spacial score (nSPS) is 12.2. The maximum atomic E-state index is 13.6. The summed E-state index contributed by atoms with van der Waals surface area (Å²) in [4.78, 5) is 10.8. The zero-order valence-electron chi connectivity index (χ0n) is 9.98. The largest absolute Gasteiger partial charge is 0.479 e. The number of carboxylic acid groups (broad SMARTS) is 1. The first-order valence-electron chi connectivity index (χ1n) is 5.55. The molecule has 104 valence electrons. The SMILES string of the molecule is O=C(O)C(O)c1cc(F)cc(-c2cc(Cl)ccc2Cl)c1. The fourth-order valence-electron chi connectivity index (χ4n) is 1.79. The smallest absolute Gasteiger partial charge is 0.337 e. The van der Waals surface area contributed by atoms with Crippen molar-refractivity contribution in [3.63, 3.8) is 0 Å². The molecule has 0 aliphatic rings. The van der Waals surface area contributed by atoms with Crippen molar-refractivity contribution in [2.45, 2.75) is 6.10 Å². The van der Waals surface area contributed by atoms with Crippen LogP contribution in [-0.2, 0) is 4.79 Å². The Hall–Kier alpha value is -1.62. The second-order valence-electron chi connectivity index (χ2n) is 4.14. The van der Waals surface area contributed by atoms with Crippen molar-refractivity contribution >= 4 is 29.2 Å². The Kier molecular flexibility index (Phi) is 4.28. The highest BCUT2D eigenvalue weighted by Gasteiger charge is 2.18. The number of aliphatic hydroxyl groups is 1. The van der Waals surface area contributed by atoms with Crippen molar-refractivity contribution in [2.24, 2.45) is 0 Å². The molecule has 2 aromatic rings. The molecule has 1 unspecified atom stereocenters. The Morgan fingerprint density at radius 3 is 2.50 bits per heavy atom. The van der Waals surface area contributed by atoms with Gasteiger partial charge in [0, 0.05) is 15.6 Å². The van der Waals surface area contributed by atoms with Crippen LogP contribution in [0.4, 0.5) is 4.39 Å². The topological polar surface area (TPSA) is 57.5 Å². The van der Waals surface area contributed by atoms with Crippen LogP contribution in [0.5, 0.6) is 0 Å². The van der Waals surface area contributed by atoms with Gasteiger partial charge in [0.2, 0.25) is 0 Å². The number of hydrogen-bond acceptors (Lipinski definition) is 2. The Morgan fingerprint density at radius 1 is 1.15 bits per heavy atom. The molecule has 0 amide bonds. The van der Waals surface area contributed by atoms with Gasteiger partial charge >= 0.3 is 5.97 Å². The molecule has 0 saturated carbocycles. The summed E-state index contributed by atoms with van der Waals surface area (Å²) in [5.74, 6) is -2.13. The first-order valence-corrected chi connectivity index (χ1v) is 6.31. The van der Waals surface area contributed by atoms with E-state index in [-0.39, 0.29) is 5.56 Å². The van der Waals surface area contributed by atoms with E-state index in [0.29, 0.717) is 21.2 Å². The average molecular weight is 315 g/mol. The minimum atomic E-state index is -1.80. The number of hydrogen-bond donors (Lipinski definition) is 2. The highest BCUT2D eigenvalue weighted by Crippen LogP contribution is 2.32. The second kappa shape index (κ2) is 5.79. The van der Waals surface area contributed by atoms with Crippen LogP contribution in [0, 0.1) is 5.82 Å². The predicted octanol–water partition coefficient (Wildman–Crippen LogP) is 3.92. The molecule has 2 rings (SSSR count). The van der Waals surface area contributed by atoms with Gasteiger partial charge in [0.1, 0.15) is 5.82 Å². The van der Waals surface area contributed by atoms with E-state index >= 15 is 0 Å². The molecule has 0 fully saturated rings. The molecular weight excluding hydrogens is 306 g/mol. The minimum absolute atomic E-state index is 0.0662. The second-order valence-corrected chi connectivity index (χ2v) is 4.98. The van der Waals surface area contributed by atoms with Gasteiger partial charge in [-0.15, -0.1) is 0 Å². The number of carboxylic acids is 1. The van der Waals surface area contributed by atoms with Crippen molar-refractivity contribution < 1.29 is 19.4 Å². The van der Waals surface area contributed by atoms with Crippen LogP contribution in [0.3, 0.4) is 0 Å². The molecule has 0 aliphatic heterocycles. The molecule has 0 radical (unpaired) electrons. The van der Waals surface area contributed by atoms with E-state index in [2.05, 4.69) is 0 Å². The lowest BCUT2D eigenvalue weighted by molar-refractivity contribution is -0.146. The van der Waals surface area contributed by atoms with Gasteiger partial charge in [0.25, 0.3) is 0 Å². The maximum Gasteiger partial charge on any atom is 0.337 e. The zero-order chi connectivity index (χ0) is 14.9. The van der Waals surface area contributed by atoms with Crippen LogP contribution < -0.4 is 0 Å². The van der Waals surface area contributed by atoms with Gasteiger partial charge in [0.15, 0.2) is 6.10 Å². The summed E-state index contributed by atoms with van der Waals surface area (Å²) in [5, 5.41) is 19.0. The van der Waals surface area contributed by atoms with Crippen molar-refractivity contribution in [1.82, 2.24) is 0 Å². The first kappa shape index (κ1) is 14.8. The Bertz CT molecular complexity index is 673. The number of aliphatic hydroxyl groups excluding tert-OH is 1. The number of benzene rings is 2. The van der Waals surface area contributed by atoms with E-state index in [0.717, 1.165) is 6.07 Å². The standard InChI is InChI=1S/C14H9Cl2FO3/c15-9-1-2-12(16)11(6-9)7-3-8(5-10(17)4-7)13(18)14(19)20/h1-6,13,18H,(H,19,20). The van der Waals surface area contributed by atoms with Crippen LogP contribution in [0.2, 0.25) is 10.0 Å². The molecule has 0 saturated heterocycles.